The zero-order chi connectivity index (χ0) is 13.7. The van der Waals surface area contributed by atoms with Crippen LogP contribution in [-0.4, -0.2) is 32.5 Å². The molecule has 0 fully saturated rings. The molecule has 0 aliphatic carbocycles. The lowest BCUT2D eigenvalue weighted by atomic mass is 9.79. The van der Waals surface area contributed by atoms with Gasteiger partial charge in [-0.2, -0.15) is 0 Å². The molecule has 17 heavy (non-hydrogen) atoms. The van der Waals surface area contributed by atoms with Gasteiger partial charge >= 0.3 is 0 Å². The van der Waals surface area contributed by atoms with Gasteiger partial charge in [-0.05, 0) is 24.3 Å². The van der Waals surface area contributed by atoms with Gasteiger partial charge in [0.05, 0.1) is 5.75 Å². The van der Waals surface area contributed by atoms with Crippen molar-refractivity contribution in [3.8, 4) is 0 Å². The van der Waals surface area contributed by atoms with E-state index in [4.69, 9.17) is 0 Å². The van der Waals surface area contributed by atoms with Crippen LogP contribution in [0.2, 0.25) is 0 Å². The van der Waals surface area contributed by atoms with Crippen molar-refractivity contribution in [1.29, 1.82) is 0 Å². The molecule has 0 saturated heterocycles. The van der Waals surface area contributed by atoms with Crippen LogP contribution in [0, 0.1) is 11.3 Å². The molecule has 0 rings (SSSR count). The van der Waals surface area contributed by atoms with Crippen molar-refractivity contribution in [3.63, 3.8) is 0 Å². The normalized spacial score (nSPS) is 15.2. The van der Waals surface area contributed by atoms with Gasteiger partial charge in [-0.3, -0.25) is 0 Å². The first kappa shape index (κ1) is 16.9. The summed E-state index contributed by atoms with van der Waals surface area (Å²) in [5, 5.41) is 3.41. The van der Waals surface area contributed by atoms with Crippen molar-refractivity contribution in [3.05, 3.63) is 0 Å². The van der Waals surface area contributed by atoms with E-state index in [0.717, 1.165) is 13.0 Å². The van der Waals surface area contributed by atoms with Crippen molar-refractivity contribution < 1.29 is 8.42 Å². The van der Waals surface area contributed by atoms with Crippen molar-refractivity contribution in [2.24, 2.45) is 11.3 Å². The predicted molar refractivity (Wildman–Crippen MR) is 75.0 cm³/mol. The largest absolute Gasteiger partial charge is 0.314 e. The van der Waals surface area contributed by atoms with E-state index in [9.17, 15) is 8.42 Å². The summed E-state index contributed by atoms with van der Waals surface area (Å²) in [5.74, 6) is 0.957. The molecule has 0 heterocycles. The molecule has 0 aliphatic heterocycles. The Morgan fingerprint density at radius 1 is 1.18 bits per heavy atom. The monoisotopic (exact) mass is 263 g/mol. The topological polar surface area (TPSA) is 46.2 Å². The minimum Gasteiger partial charge on any atom is -0.314 e. The molecule has 0 aromatic heterocycles. The van der Waals surface area contributed by atoms with Gasteiger partial charge in [0.15, 0.2) is 0 Å². The van der Waals surface area contributed by atoms with E-state index >= 15 is 0 Å². The summed E-state index contributed by atoms with van der Waals surface area (Å²) in [5.41, 5.74) is 0.144. The van der Waals surface area contributed by atoms with Crippen LogP contribution in [0.3, 0.4) is 0 Å². The van der Waals surface area contributed by atoms with Crippen LogP contribution in [0.25, 0.3) is 0 Å². The van der Waals surface area contributed by atoms with E-state index in [-0.39, 0.29) is 11.2 Å². The molecule has 1 atom stereocenters. The number of rotatable bonds is 7. The van der Waals surface area contributed by atoms with Crippen molar-refractivity contribution in [2.75, 3.05) is 18.1 Å². The van der Waals surface area contributed by atoms with E-state index in [2.05, 4.69) is 39.9 Å². The quantitative estimate of drug-likeness (QED) is 0.767. The van der Waals surface area contributed by atoms with Gasteiger partial charge < -0.3 is 5.32 Å². The van der Waals surface area contributed by atoms with Crippen LogP contribution in [-0.2, 0) is 9.84 Å². The van der Waals surface area contributed by atoms with E-state index in [1.807, 2.05) is 0 Å². The smallest absolute Gasteiger partial charge is 0.150 e. The third-order valence-corrected chi connectivity index (χ3v) is 4.95. The fourth-order valence-corrected chi connectivity index (χ4v) is 2.62. The molecule has 104 valence electrons. The molecule has 0 amide bonds. The van der Waals surface area contributed by atoms with Crippen LogP contribution >= 0.6 is 0 Å². The minimum absolute atomic E-state index is 0.144. The van der Waals surface area contributed by atoms with Crippen LogP contribution in [0.1, 0.15) is 48.0 Å². The van der Waals surface area contributed by atoms with Gasteiger partial charge in [-0.1, -0.05) is 41.5 Å². The van der Waals surface area contributed by atoms with Gasteiger partial charge in [-0.25, -0.2) is 8.42 Å². The highest BCUT2D eigenvalue weighted by molar-refractivity contribution is 7.91. The fraction of sp³-hybridized carbons (Fsp3) is 1.00. The molecule has 0 saturated carbocycles. The Bertz CT molecular complexity index is 302. The van der Waals surface area contributed by atoms with Gasteiger partial charge in [0.1, 0.15) is 9.84 Å². The molecular weight excluding hydrogens is 234 g/mol. The molecule has 0 aromatic rings. The predicted octanol–water partition coefficient (Wildman–Crippen LogP) is 2.47. The lowest BCUT2D eigenvalue weighted by Gasteiger charge is -2.31. The second-order valence-corrected chi connectivity index (χ2v) is 8.62. The Morgan fingerprint density at radius 3 is 2.06 bits per heavy atom. The van der Waals surface area contributed by atoms with E-state index in [0.29, 0.717) is 17.7 Å². The third kappa shape index (κ3) is 7.77. The minimum atomic E-state index is -2.84. The summed E-state index contributed by atoms with van der Waals surface area (Å²) >= 11 is 0. The fourth-order valence-electron chi connectivity index (χ4n) is 1.69. The molecule has 0 aromatic carbocycles. The van der Waals surface area contributed by atoms with Gasteiger partial charge in [0, 0.05) is 11.8 Å². The first-order chi connectivity index (χ1) is 7.58. The Labute approximate surface area is 107 Å². The third-order valence-electron chi connectivity index (χ3n) is 3.21. The Balaban J connectivity index is 4.41. The second-order valence-electron chi connectivity index (χ2n) is 6.15. The van der Waals surface area contributed by atoms with Crippen LogP contribution in [0.15, 0.2) is 0 Å². The average molecular weight is 263 g/mol. The van der Waals surface area contributed by atoms with Crippen molar-refractivity contribution in [2.45, 2.75) is 54.0 Å². The number of hydrogen-bond donors (Lipinski definition) is 1. The summed E-state index contributed by atoms with van der Waals surface area (Å²) in [6.45, 7) is 13.4. The molecule has 0 spiro atoms. The molecule has 1 unspecified atom stereocenters. The zero-order valence-corrected chi connectivity index (χ0v) is 13.0. The van der Waals surface area contributed by atoms with Crippen molar-refractivity contribution in [1.82, 2.24) is 5.32 Å². The lowest BCUT2D eigenvalue weighted by Crippen LogP contribution is -2.36. The molecular formula is C13H29NO2S. The summed E-state index contributed by atoms with van der Waals surface area (Å²) in [7, 11) is -2.84. The highest BCUT2D eigenvalue weighted by Gasteiger charge is 2.25. The van der Waals surface area contributed by atoms with Crippen LogP contribution < -0.4 is 5.32 Å². The zero-order valence-electron chi connectivity index (χ0n) is 12.2. The highest BCUT2D eigenvalue weighted by Crippen LogP contribution is 2.28. The number of hydrogen-bond acceptors (Lipinski definition) is 3. The SMILES string of the molecule is CCS(=O)(=O)CCC(CNC(C)C)C(C)(C)C. The molecule has 3 nitrogen and oxygen atoms in total. The van der Waals surface area contributed by atoms with Crippen LogP contribution in [0.4, 0.5) is 0 Å². The van der Waals surface area contributed by atoms with Gasteiger partial charge in [0.2, 0.25) is 0 Å². The van der Waals surface area contributed by atoms with E-state index < -0.39 is 9.84 Å². The Kier molecular flexibility index (Phi) is 6.70. The second kappa shape index (κ2) is 6.74. The average Bonchev–Trinajstić information content (AvgIpc) is 2.15. The number of sulfone groups is 1. The standard InChI is InChI=1S/C13H29NO2S/c1-7-17(15,16)9-8-12(13(4,5)6)10-14-11(2)3/h11-12,14H,7-10H2,1-6H3. The molecule has 0 aliphatic rings. The summed E-state index contributed by atoms with van der Waals surface area (Å²) < 4.78 is 23.1. The maximum atomic E-state index is 11.5. The van der Waals surface area contributed by atoms with E-state index in [1.165, 1.54) is 0 Å². The highest BCUT2D eigenvalue weighted by atomic mass is 32.2. The van der Waals surface area contributed by atoms with Crippen LogP contribution in [0.5, 0.6) is 0 Å². The van der Waals surface area contributed by atoms with Gasteiger partial charge in [0.25, 0.3) is 0 Å². The Hall–Kier alpha value is -0.0900. The Morgan fingerprint density at radius 2 is 1.71 bits per heavy atom. The summed E-state index contributed by atoms with van der Waals surface area (Å²) in [6.07, 6.45) is 0.749. The molecule has 0 radical (unpaired) electrons. The van der Waals surface area contributed by atoms with Gasteiger partial charge in [-0.15, -0.1) is 0 Å². The first-order valence-corrected chi connectivity index (χ1v) is 8.34. The maximum Gasteiger partial charge on any atom is 0.150 e. The summed E-state index contributed by atoms with van der Waals surface area (Å²) in [6, 6.07) is 0.447. The molecule has 1 N–H and O–H groups in total. The molecule has 4 heteroatoms. The van der Waals surface area contributed by atoms with E-state index in [1.54, 1.807) is 6.92 Å². The lowest BCUT2D eigenvalue weighted by molar-refractivity contribution is 0.222. The summed E-state index contributed by atoms with van der Waals surface area (Å²) in [4.78, 5) is 0. The number of nitrogens with one attached hydrogen (secondary N) is 1. The first-order valence-electron chi connectivity index (χ1n) is 6.52. The molecule has 0 bridgehead atoms. The maximum absolute atomic E-state index is 11.5. The van der Waals surface area contributed by atoms with Crippen molar-refractivity contribution >= 4 is 9.84 Å².